The summed E-state index contributed by atoms with van der Waals surface area (Å²) in [4.78, 5) is 20.5. The molecular weight excluding hydrogens is 302 g/mol. The van der Waals surface area contributed by atoms with Crippen molar-refractivity contribution in [2.24, 2.45) is 0 Å². The van der Waals surface area contributed by atoms with Crippen molar-refractivity contribution < 1.29 is 9.21 Å². The molecule has 0 aliphatic heterocycles. The van der Waals surface area contributed by atoms with E-state index < -0.39 is 5.91 Å². The summed E-state index contributed by atoms with van der Waals surface area (Å²) in [6.07, 6.45) is 3.01. The number of rotatable bonds is 4. The Morgan fingerprint density at radius 3 is 2.86 bits per heavy atom. The van der Waals surface area contributed by atoms with Gasteiger partial charge in [-0.1, -0.05) is 17.4 Å². The molecule has 0 aliphatic carbocycles. The van der Waals surface area contributed by atoms with E-state index in [-0.39, 0.29) is 17.3 Å². The molecule has 3 heterocycles. The van der Waals surface area contributed by atoms with Crippen molar-refractivity contribution in [3.63, 3.8) is 0 Å². The van der Waals surface area contributed by atoms with Crippen LogP contribution in [0.1, 0.15) is 21.1 Å². The van der Waals surface area contributed by atoms with Crippen LogP contribution in [0.25, 0.3) is 0 Å². The number of thiazole rings is 1. The van der Waals surface area contributed by atoms with Crippen LogP contribution in [0, 0.1) is 5.41 Å². The van der Waals surface area contributed by atoms with Gasteiger partial charge in [0, 0.05) is 6.20 Å². The summed E-state index contributed by atoms with van der Waals surface area (Å²) in [5.74, 6) is -0.0693. The number of nitrogens with two attached hydrogens (primary N) is 1. The van der Waals surface area contributed by atoms with Gasteiger partial charge >= 0.3 is 0 Å². The van der Waals surface area contributed by atoms with Crippen LogP contribution in [0.3, 0.4) is 0 Å². The number of anilines is 2. The minimum Gasteiger partial charge on any atom is -0.459 e. The summed E-state index contributed by atoms with van der Waals surface area (Å²) in [6.45, 7) is 0. The van der Waals surface area contributed by atoms with E-state index in [9.17, 15) is 4.79 Å². The molecule has 0 aromatic carbocycles. The number of furan rings is 1. The van der Waals surface area contributed by atoms with E-state index in [1.54, 1.807) is 36.5 Å². The van der Waals surface area contributed by atoms with Crippen LogP contribution in [0.15, 0.2) is 47.2 Å². The van der Waals surface area contributed by atoms with Crippen LogP contribution in [0.2, 0.25) is 0 Å². The largest absolute Gasteiger partial charge is 0.459 e. The van der Waals surface area contributed by atoms with Crippen molar-refractivity contribution in [2.75, 3.05) is 11.1 Å². The highest BCUT2D eigenvalue weighted by atomic mass is 32.1. The Hall–Kier alpha value is -3.00. The van der Waals surface area contributed by atoms with Crippen LogP contribution in [0.4, 0.5) is 10.9 Å². The van der Waals surface area contributed by atoms with Gasteiger partial charge in [-0.2, -0.15) is 0 Å². The second-order valence-corrected chi connectivity index (χ2v) is 5.25. The molecule has 0 fully saturated rings. The van der Waals surface area contributed by atoms with E-state index in [1.165, 1.54) is 6.26 Å². The first-order valence-electron chi connectivity index (χ1n) is 6.26. The first kappa shape index (κ1) is 14.0. The maximum atomic E-state index is 11.9. The zero-order chi connectivity index (χ0) is 15.5. The van der Waals surface area contributed by atoms with Crippen LogP contribution in [0.5, 0.6) is 0 Å². The zero-order valence-corrected chi connectivity index (χ0v) is 12.1. The van der Waals surface area contributed by atoms with Crippen molar-refractivity contribution in [1.29, 1.82) is 5.41 Å². The highest BCUT2D eigenvalue weighted by Gasteiger charge is 2.18. The van der Waals surface area contributed by atoms with Gasteiger partial charge in [0.25, 0.3) is 5.91 Å². The fraction of sp³-hybridized carbons (Fsp3) is 0. The summed E-state index contributed by atoms with van der Waals surface area (Å²) in [5, 5.41) is 11.0. The van der Waals surface area contributed by atoms with Crippen molar-refractivity contribution in [2.45, 2.75) is 0 Å². The van der Waals surface area contributed by atoms with E-state index in [0.29, 0.717) is 15.7 Å². The smallest absolute Gasteiger partial charge is 0.293 e. The summed E-state index contributed by atoms with van der Waals surface area (Å²) >= 11 is 1.11. The summed E-state index contributed by atoms with van der Waals surface area (Å²) in [6, 6.07) is 8.43. The van der Waals surface area contributed by atoms with Gasteiger partial charge in [0.05, 0.1) is 16.8 Å². The van der Waals surface area contributed by atoms with E-state index in [2.05, 4.69) is 15.3 Å². The van der Waals surface area contributed by atoms with E-state index in [4.69, 9.17) is 15.6 Å². The Morgan fingerprint density at radius 2 is 2.18 bits per heavy atom. The Labute approximate surface area is 129 Å². The molecule has 0 radical (unpaired) electrons. The fourth-order valence-corrected chi connectivity index (χ4v) is 2.60. The number of nitrogens with zero attached hydrogens (tertiary/aromatic N) is 2. The molecule has 8 heteroatoms. The molecule has 0 aliphatic rings. The number of pyridine rings is 1. The third-order valence-electron chi connectivity index (χ3n) is 2.77. The molecular formula is C14H11N5O2S. The van der Waals surface area contributed by atoms with Gasteiger partial charge in [0.1, 0.15) is 11.5 Å². The molecule has 0 atom stereocenters. The molecule has 3 aromatic heterocycles. The number of nitrogens with one attached hydrogen (secondary N) is 2. The minimum atomic E-state index is -0.422. The van der Waals surface area contributed by atoms with Crippen molar-refractivity contribution in [3.05, 3.63) is 59.1 Å². The summed E-state index contributed by atoms with van der Waals surface area (Å²) in [5.41, 5.74) is 6.48. The number of carbonyl (C=O) groups is 1. The maximum Gasteiger partial charge on any atom is 0.293 e. The first-order chi connectivity index (χ1) is 10.6. The molecule has 22 heavy (non-hydrogen) atoms. The normalized spacial score (nSPS) is 10.4. The number of carbonyl (C=O) groups excluding carboxylic acids is 1. The molecule has 110 valence electrons. The highest BCUT2D eigenvalue weighted by Crippen LogP contribution is 2.27. The van der Waals surface area contributed by atoms with Crippen LogP contribution >= 0.6 is 11.3 Å². The van der Waals surface area contributed by atoms with Gasteiger partial charge in [0.15, 0.2) is 10.9 Å². The van der Waals surface area contributed by atoms with Crippen LogP contribution in [-0.2, 0) is 0 Å². The second-order valence-electron chi connectivity index (χ2n) is 4.25. The molecule has 3 rings (SSSR count). The van der Waals surface area contributed by atoms with E-state index in [1.807, 2.05) is 0 Å². The van der Waals surface area contributed by atoms with Crippen molar-refractivity contribution >= 4 is 33.9 Å². The standard InChI is InChI=1S/C14H11N5O2S/c15-10(8-4-1-2-6-17-8)11-12(16)18-14(22-11)19-13(20)9-5-3-7-21-9/h1-7,15H,16H2,(H,18,19,20). The Balaban J connectivity index is 1.82. The molecule has 7 nitrogen and oxygen atoms in total. The predicted molar refractivity (Wildman–Crippen MR) is 83.4 cm³/mol. The Bertz CT molecular complexity index is 811. The SMILES string of the molecule is N=C(c1ccccn1)c1sc(NC(=O)c2ccco2)nc1N. The topological polar surface area (TPSA) is 118 Å². The minimum absolute atomic E-state index is 0.161. The number of hydrogen-bond acceptors (Lipinski definition) is 7. The van der Waals surface area contributed by atoms with Gasteiger partial charge in [-0.3, -0.25) is 20.5 Å². The van der Waals surface area contributed by atoms with Crippen LogP contribution < -0.4 is 11.1 Å². The zero-order valence-electron chi connectivity index (χ0n) is 11.2. The summed E-state index contributed by atoms with van der Waals surface area (Å²) in [7, 11) is 0. The average molecular weight is 313 g/mol. The van der Waals surface area contributed by atoms with Crippen molar-refractivity contribution in [1.82, 2.24) is 9.97 Å². The van der Waals surface area contributed by atoms with Gasteiger partial charge in [-0.05, 0) is 24.3 Å². The molecule has 3 aromatic rings. The van der Waals surface area contributed by atoms with Gasteiger partial charge in [-0.15, -0.1) is 0 Å². The predicted octanol–water partition coefficient (Wildman–Crippen LogP) is 2.38. The number of hydrogen-bond donors (Lipinski definition) is 3. The maximum absolute atomic E-state index is 11.9. The number of aromatic nitrogens is 2. The molecule has 0 bridgehead atoms. The highest BCUT2D eigenvalue weighted by molar-refractivity contribution is 7.18. The first-order valence-corrected chi connectivity index (χ1v) is 7.08. The molecule has 0 unspecified atom stereocenters. The third-order valence-corrected chi connectivity index (χ3v) is 3.77. The number of nitrogen functional groups attached to an aromatic ring is 1. The lowest BCUT2D eigenvalue weighted by Gasteiger charge is -2.00. The van der Waals surface area contributed by atoms with Gasteiger partial charge in [0.2, 0.25) is 0 Å². The molecule has 0 saturated heterocycles. The lowest BCUT2D eigenvalue weighted by Crippen LogP contribution is -2.10. The van der Waals surface area contributed by atoms with E-state index >= 15 is 0 Å². The molecule has 4 N–H and O–H groups in total. The van der Waals surface area contributed by atoms with Crippen LogP contribution in [-0.4, -0.2) is 21.6 Å². The molecule has 0 saturated carbocycles. The fourth-order valence-electron chi connectivity index (χ4n) is 1.76. The molecule has 0 spiro atoms. The van der Waals surface area contributed by atoms with Gasteiger partial charge < -0.3 is 10.2 Å². The van der Waals surface area contributed by atoms with Crippen molar-refractivity contribution in [3.8, 4) is 0 Å². The Morgan fingerprint density at radius 1 is 1.32 bits per heavy atom. The monoisotopic (exact) mass is 313 g/mol. The molecule has 1 amide bonds. The number of amides is 1. The lowest BCUT2D eigenvalue weighted by atomic mass is 10.2. The summed E-state index contributed by atoms with van der Waals surface area (Å²) < 4.78 is 5.00. The second kappa shape index (κ2) is 5.78. The lowest BCUT2D eigenvalue weighted by molar-refractivity contribution is 0.0996. The third kappa shape index (κ3) is 2.72. The van der Waals surface area contributed by atoms with Gasteiger partial charge in [-0.25, -0.2) is 4.98 Å². The quantitative estimate of drug-likeness (QED) is 0.639. The van der Waals surface area contributed by atoms with E-state index in [0.717, 1.165) is 11.3 Å². The Kier molecular flexibility index (Phi) is 3.67. The average Bonchev–Trinajstić information content (AvgIpc) is 3.17.